The van der Waals surface area contributed by atoms with Crippen molar-refractivity contribution in [2.24, 2.45) is 13.0 Å². The third-order valence-electron chi connectivity index (χ3n) is 4.26. The molecule has 24 heavy (non-hydrogen) atoms. The average Bonchev–Trinajstić information content (AvgIpc) is 3.17. The van der Waals surface area contributed by atoms with E-state index >= 15 is 0 Å². The van der Waals surface area contributed by atoms with E-state index in [9.17, 15) is 4.79 Å². The van der Waals surface area contributed by atoms with Crippen molar-refractivity contribution in [3.8, 4) is 0 Å². The van der Waals surface area contributed by atoms with Gasteiger partial charge in [0.25, 0.3) is 0 Å². The molecule has 1 amide bonds. The summed E-state index contributed by atoms with van der Waals surface area (Å²) in [6, 6.07) is 4.00. The van der Waals surface area contributed by atoms with Crippen molar-refractivity contribution in [2.75, 3.05) is 19.8 Å². The third kappa shape index (κ3) is 3.87. The van der Waals surface area contributed by atoms with E-state index in [1.165, 1.54) is 5.69 Å². The maximum atomic E-state index is 12.7. The quantitative estimate of drug-likeness (QED) is 0.807. The number of aromatic nitrogens is 2. The summed E-state index contributed by atoms with van der Waals surface area (Å²) in [7, 11) is 2.02. The van der Waals surface area contributed by atoms with Crippen LogP contribution in [0.15, 0.2) is 23.8 Å². The van der Waals surface area contributed by atoms with Crippen molar-refractivity contribution in [3.05, 3.63) is 40.1 Å². The molecular formula is C18H25N3O2S. The molecule has 130 valence electrons. The number of fused-ring (bicyclic) bond motifs is 1. The summed E-state index contributed by atoms with van der Waals surface area (Å²) in [5, 5.41) is 2.01. The number of carbonyl (C=O) groups is 1. The minimum Gasteiger partial charge on any atom is -0.380 e. The Balaban J connectivity index is 1.71. The minimum absolute atomic E-state index is 0.169. The fourth-order valence-electron chi connectivity index (χ4n) is 3.17. The van der Waals surface area contributed by atoms with Gasteiger partial charge in [0.15, 0.2) is 0 Å². The number of thiophene rings is 1. The number of amides is 1. The van der Waals surface area contributed by atoms with Crippen LogP contribution >= 0.6 is 11.3 Å². The van der Waals surface area contributed by atoms with Crippen molar-refractivity contribution in [3.63, 3.8) is 0 Å². The maximum absolute atomic E-state index is 12.7. The number of carbonyl (C=O) groups excluding carboxylic acids is 1. The van der Waals surface area contributed by atoms with E-state index in [2.05, 4.69) is 23.4 Å². The second-order valence-corrected chi connectivity index (χ2v) is 7.88. The van der Waals surface area contributed by atoms with Crippen LogP contribution in [-0.4, -0.2) is 40.1 Å². The first-order valence-electron chi connectivity index (χ1n) is 8.42. The lowest BCUT2D eigenvalue weighted by Gasteiger charge is -2.33. The van der Waals surface area contributed by atoms with E-state index in [-0.39, 0.29) is 11.8 Å². The monoisotopic (exact) mass is 347 g/mol. The standard InChI is InChI=1S/C18H25N3O2S/c1-13(2)10-23-11-14-8-21(9-16-18(14)20(3)12-19-16)17(22)7-15-5-4-6-24-15/h4-6,12-14H,7-11H2,1-3H3/t14-/m1/s1. The normalized spacial score (nSPS) is 17.3. The van der Waals surface area contributed by atoms with Crippen LogP contribution in [-0.2, 0) is 29.5 Å². The van der Waals surface area contributed by atoms with Crippen molar-refractivity contribution < 1.29 is 9.53 Å². The van der Waals surface area contributed by atoms with E-state index in [1.807, 2.05) is 35.8 Å². The van der Waals surface area contributed by atoms with Gasteiger partial charge in [0.2, 0.25) is 5.91 Å². The molecule has 0 aromatic carbocycles. The number of hydrogen-bond acceptors (Lipinski definition) is 4. The third-order valence-corrected chi connectivity index (χ3v) is 5.14. The molecule has 3 heterocycles. The molecular weight excluding hydrogens is 322 g/mol. The summed E-state index contributed by atoms with van der Waals surface area (Å²) in [6.45, 7) is 6.97. The number of aryl methyl sites for hydroxylation is 1. The lowest BCUT2D eigenvalue weighted by atomic mass is 9.98. The highest BCUT2D eigenvalue weighted by Crippen LogP contribution is 2.28. The van der Waals surface area contributed by atoms with Crippen molar-refractivity contribution >= 4 is 17.2 Å². The van der Waals surface area contributed by atoms with Crippen LogP contribution in [0.25, 0.3) is 0 Å². The molecule has 2 aromatic rings. The van der Waals surface area contributed by atoms with Crippen molar-refractivity contribution in [2.45, 2.75) is 32.7 Å². The molecule has 0 fully saturated rings. The summed E-state index contributed by atoms with van der Waals surface area (Å²) in [4.78, 5) is 20.2. The first kappa shape index (κ1) is 17.2. The van der Waals surface area contributed by atoms with Gasteiger partial charge in [-0.05, 0) is 17.4 Å². The van der Waals surface area contributed by atoms with E-state index in [0.29, 0.717) is 32.0 Å². The summed E-state index contributed by atoms with van der Waals surface area (Å²) in [5.41, 5.74) is 2.21. The molecule has 0 bridgehead atoms. The van der Waals surface area contributed by atoms with Crippen LogP contribution < -0.4 is 0 Å². The second-order valence-electron chi connectivity index (χ2n) is 6.85. The Bertz CT molecular complexity index is 679. The second kappa shape index (κ2) is 7.49. The van der Waals surface area contributed by atoms with E-state index < -0.39 is 0 Å². The SMILES string of the molecule is CC(C)COC[C@H]1CN(C(=O)Cc2cccs2)Cc2ncn(C)c21. The predicted octanol–water partition coefficient (Wildman–Crippen LogP) is 2.82. The molecule has 3 rings (SSSR count). The first-order chi connectivity index (χ1) is 11.5. The molecule has 1 aliphatic heterocycles. The largest absolute Gasteiger partial charge is 0.380 e. The smallest absolute Gasteiger partial charge is 0.228 e. The predicted molar refractivity (Wildman–Crippen MR) is 95.0 cm³/mol. The summed E-state index contributed by atoms with van der Waals surface area (Å²) in [6.07, 6.45) is 2.31. The topological polar surface area (TPSA) is 47.4 Å². The van der Waals surface area contributed by atoms with Crippen molar-refractivity contribution in [1.29, 1.82) is 0 Å². The highest BCUT2D eigenvalue weighted by atomic mass is 32.1. The Kier molecular flexibility index (Phi) is 5.36. The molecule has 5 nitrogen and oxygen atoms in total. The van der Waals surface area contributed by atoms with E-state index in [0.717, 1.165) is 17.2 Å². The zero-order chi connectivity index (χ0) is 17.1. The van der Waals surface area contributed by atoms with E-state index in [1.54, 1.807) is 11.3 Å². The van der Waals surface area contributed by atoms with Gasteiger partial charge in [-0.3, -0.25) is 4.79 Å². The summed E-state index contributed by atoms with van der Waals surface area (Å²) >= 11 is 1.63. The summed E-state index contributed by atoms with van der Waals surface area (Å²) in [5.74, 6) is 0.867. The molecule has 1 atom stereocenters. The zero-order valence-corrected chi connectivity index (χ0v) is 15.4. The zero-order valence-electron chi connectivity index (χ0n) is 14.6. The van der Waals surface area contributed by atoms with Gasteiger partial charge < -0.3 is 14.2 Å². The summed E-state index contributed by atoms with van der Waals surface area (Å²) < 4.78 is 7.94. The van der Waals surface area contributed by atoms with Gasteiger partial charge in [0.05, 0.1) is 31.6 Å². The highest BCUT2D eigenvalue weighted by Gasteiger charge is 2.31. The van der Waals surface area contributed by atoms with Crippen LogP contribution in [0.3, 0.4) is 0 Å². The number of nitrogens with zero attached hydrogens (tertiary/aromatic N) is 3. The van der Waals surface area contributed by atoms with E-state index in [4.69, 9.17) is 4.74 Å². The molecule has 0 radical (unpaired) electrons. The molecule has 0 saturated carbocycles. The van der Waals surface area contributed by atoms with Crippen LogP contribution in [0.2, 0.25) is 0 Å². The van der Waals surface area contributed by atoms with Crippen LogP contribution in [0.5, 0.6) is 0 Å². The fraction of sp³-hybridized carbons (Fsp3) is 0.556. The van der Waals surface area contributed by atoms with Crippen LogP contribution in [0.1, 0.15) is 36.0 Å². The maximum Gasteiger partial charge on any atom is 0.228 e. The number of imidazole rings is 1. The molecule has 6 heteroatoms. The number of ether oxygens (including phenoxy) is 1. The first-order valence-corrected chi connectivity index (χ1v) is 9.30. The average molecular weight is 347 g/mol. The fourth-order valence-corrected chi connectivity index (χ4v) is 3.87. The lowest BCUT2D eigenvalue weighted by Crippen LogP contribution is -2.41. The van der Waals surface area contributed by atoms with Gasteiger partial charge in [-0.1, -0.05) is 19.9 Å². The minimum atomic E-state index is 0.169. The lowest BCUT2D eigenvalue weighted by molar-refractivity contribution is -0.132. The number of hydrogen-bond donors (Lipinski definition) is 0. The molecule has 0 N–H and O–H groups in total. The van der Waals surface area contributed by atoms with Crippen LogP contribution in [0, 0.1) is 5.92 Å². The highest BCUT2D eigenvalue weighted by molar-refractivity contribution is 7.10. The molecule has 0 spiro atoms. The van der Waals surface area contributed by atoms with Crippen LogP contribution in [0.4, 0.5) is 0 Å². The molecule has 2 aromatic heterocycles. The van der Waals surface area contributed by atoms with Crippen molar-refractivity contribution in [1.82, 2.24) is 14.5 Å². The molecule has 1 aliphatic rings. The van der Waals surface area contributed by atoms with Gasteiger partial charge in [-0.2, -0.15) is 0 Å². The molecule has 0 unspecified atom stereocenters. The Labute approximate surface area is 147 Å². The number of rotatable bonds is 6. The van der Waals surface area contributed by atoms with Gasteiger partial charge in [-0.25, -0.2) is 4.98 Å². The Morgan fingerprint density at radius 1 is 1.50 bits per heavy atom. The van der Waals surface area contributed by atoms with Gasteiger partial charge in [0, 0.05) is 36.7 Å². The Morgan fingerprint density at radius 3 is 3.04 bits per heavy atom. The Hall–Kier alpha value is -1.66. The Morgan fingerprint density at radius 2 is 2.33 bits per heavy atom. The van der Waals surface area contributed by atoms with Gasteiger partial charge in [0.1, 0.15) is 0 Å². The van der Waals surface area contributed by atoms with Gasteiger partial charge >= 0.3 is 0 Å². The molecule has 0 saturated heterocycles. The van der Waals surface area contributed by atoms with Gasteiger partial charge in [-0.15, -0.1) is 11.3 Å². The molecule has 0 aliphatic carbocycles.